The molecule has 0 saturated carbocycles. The molecule has 0 bridgehead atoms. The van der Waals surface area contributed by atoms with Crippen LogP contribution in [0.3, 0.4) is 0 Å². The van der Waals surface area contributed by atoms with Crippen molar-refractivity contribution in [3.05, 3.63) is 0 Å². The maximum atomic E-state index is 11.8. The topological polar surface area (TPSA) is 59.6 Å². The van der Waals surface area contributed by atoms with Crippen molar-refractivity contribution < 1.29 is 14.3 Å². The summed E-state index contributed by atoms with van der Waals surface area (Å²) in [6, 6.07) is 0.0153. The monoisotopic (exact) mass is 306 g/mol. The van der Waals surface area contributed by atoms with Crippen molar-refractivity contribution in [1.29, 1.82) is 0 Å². The van der Waals surface area contributed by atoms with E-state index in [-0.39, 0.29) is 24.4 Å². The number of rotatable bonds is 7. The van der Waals surface area contributed by atoms with Gasteiger partial charge in [0.15, 0.2) is 0 Å². The molecule has 0 aromatic rings. The van der Waals surface area contributed by atoms with Crippen LogP contribution >= 0.6 is 12.4 Å². The quantitative estimate of drug-likeness (QED) is 0.695. The SMILES string of the molecule is Cl.O=C(NCCCOCC1CCCO1)C1CCCCN1. The second-order valence-corrected chi connectivity index (χ2v) is 5.36. The molecule has 5 nitrogen and oxygen atoms in total. The molecule has 0 aliphatic carbocycles. The van der Waals surface area contributed by atoms with Crippen LogP contribution in [0.25, 0.3) is 0 Å². The van der Waals surface area contributed by atoms with Gasteiger partial charge >= 0.3 is 0 Å². The van der Waals surface area contributed by atoms with Crippen LogP contribution in [0.5, 0.6) is 0 Å². The van der Waals surface area contributed by atoms with Gasteiger partial charge in [-0.3, -0.25) is 4.79 Å². The zero-order valence-electron chi connectivity index (χ0n) is 12.1. The van der Waals surface area contributed by atoms with Gasteiger partial charge in [0.05, 0.1) is 18.8 Å². The van der Waals surface area contributed by atoms with E-state index >= 15 is 0 Å². The van der Waals surface area contributed by atoms with Crippen molar-refractivity contribution in [3.8, 4) is 0 Å². The van der Waals surface area contributed by atoms with Crippen molar-refractivity contribution in [2.45, 2.75) is 50.7 Å². The fourth-order valence-corrected chi connectivity index (χ4v) is 2.58. The first-order valence-corrected chi connectivity index (χ1v) is 7.57. The van der Waals surface area contributed by atoms with E-state index in [0.717, 1.165) is 45.3 Å². The normalized spacial score (nSPS) is 26.0. The highest BCUT2D eigenvalue weighted by molar-refractivity contribution is 5.85. The number of nitrogens with one attached hydrogen (secondary N) is 2. The Bertz CT molecular complexity index is 267. The minimum Gasteiger partial charge on any atom is -0.379 e. The van der Waals surface area contributed by atoms with Gasteiger partial charge in [-0.2, -0.15) is 0 Å². The maximum absolute atomic E-state index is 11.8. The molecular weight excluding hydrogens is 280 g/mol. The summed E-state index contributed by atoms with van der Waals surface area (Å²) < 4.78 is 11.0. The first kappa shape index (κ1) is 17.7. The fraction of sp³-hybridized carbons (Fsp3) is 0.929. The van der Waals surface area contributed by atoms with Gasteiger partial charge in [0, 0.05) is 19.8 Å². The van der Waals surface area contributed by atoms with Gasteiger partial charge in [-0.1, -0.05) is 6.42 Å². The van der Waals surface area contributed by atoms with E-state index in [4.69, 9.17) is 9.47 Å². The number of hydrogen-bond donors (Lipinski definition) is 2. The van der Waals surface area contributed by atoms with E-state index < -0.39 is 0 Å². The Balaban J connectivity index is 0.00000200. The Morgan fingerprint density at radius 1 is 1.30 bits per heavy atom. The molecule has 1 amide bonds. The lowest BCUT2D eigenvalue weighted by molar-refractivity contribution is -0.123. The number of hydrogen-bond acceptors (Lipinski definition) is 4. The molecule has 20 heavy (non-hydrogen) atoms. The first-order valence-electron chi connectivity index (χ1n) is 7.57. The molecule has 0 aromatic carbocycles. The second-order valence-electron chi connectivity index (χ2n) is 5.36. The van der Waals surface area contributed by atoms with Crippen LogP contribution in [0, 0.1) is 0 Å². The van der Waals surface area contributed by atoms with Gasteiger partial charge in [0.2, 0.25) is 5.91 Å². The Morgan fingerprint density at radius 3 is 2.90 bits per heavy atom. The molecule has 2 fully saturated rings. The van der Waals surface area contributed by atoms with E-state index in [9.17, 15) is 4.79 Å². The molecule has 2 aliphatic heterocycles. The summed E-state index contributed by atoms with van der Waals surface area (Å²) in [7, 11) is 0. The van der Waals surface area contributed by atoms with Crippen molar-refractivity contribution >= 4 is 18.3 Å². The smallest absolute Gasteiger partial charge is 0.237 e. The summed E-state index contributed by atoms with van der Waals surface area (Å²) >= 11 is 0. The Kier molecular flexibility index (Phi) is 9.18. The zero-order valence-corrected chi connectivity index (χ0v) is 12.9. The van der Waals surface area contributed by atoms with Gasteiger partial charge in [-0.25, -0.2) is 0 Å². The third-order valence-electron chi connectivity index (χ3n) is 3.72. The minimum absolute atomic E-state index is 0. The lowest BCUT2D eigenvalue weighted by Crippen LogP contribution is -2.46. The molecule has 118 valence electrons. The van der Waals surface area contributed by atoms with Crippen LogP contribution in [0.1, 0.15) is 38.5 Å². The first-order chi connectivity index (χ1) is 9.36. The summed E-state index contributed by atoms with van der Waals surface area (Å²) in [5, 5.41) is 6.22. The zero-order chi connectivity index (χ0) is 13.3. The molecule has 2 heterocycles. The van der Waals surface area contributed by atoms with E-state index in [0.29, 0.717) is 25.9 Å². The minimum atomic E-state index is 0. The lowest BCUT2D eigenvalue weighted by atomic mass is 10.0. The van der Waals surface area contributed by atoms with Crippen molar-refractivity contribution in [2.75, 3.05) is 32.9 Å². The van der Waals surface area contributed by atoms with Gasteiger partial charge in [0.1, 0.15) is 0 Å². The number of halogens is 1. The highest BCUT2D eigenvalue weighted by Crippen LogP contribution is 2.11. The molecule has 2 unspecified atom stereocenters. The number of ether oxygens (including phenoxy) is 2. The maximum Gasteiger partial charge on any atom is 0.237 e. The fourth-order valence-electron chi connectivity index (χ4n) is 2.58. The molecule has 6 heteroatoms. The molecule has 2 saturated heterocycles. The molecule has 0 aromatic heterocycles. The summed E-state index contributed by atoms with van der Waals surface area (Å²) in [5.41, 5.74) is 0. The van der Waals surface area contributed by atoms with Gasteiger partial charge in [-0.15, -0.1) is 12.4 Å². The van der Waals surface area contributed by atoms with Crippen molar-refractivity contribution in [3.63, 3.8) is 0 Å². The van der Waals surface area contributed by atoms with E-state index in [2.05, 4.69) is 10.6 Å². The number of amides is 1. The predicted octanol–water partition coefficient (Wildman–Crippen LogP) is 1.25. The molecule has 2 N–H and O–H groups in total. The third-order valence-corrected chi connectivity index (χ3v) is 3.72. The van der Waals surface area contributed by atoms with Crippen molar-refractivity contribution in [1.82, 2.24) is 10.6 Å². The second kappa shape index (κ2) is 10.4. The summed E-state index contributed by atoms with van der Waals surface area (Å²) in [4.78, 5) is 11.8. The van der Waals surface area contributed by atoms with Gasteiger partial charge < -0.3 is 20.1 Å². The number of carbonyl (C=O) groups is 1. The van der Waals surface area contributed by atoms with E-state index in [1.54, 1.807) is 0 Å². The Morgan fingerprint density at radius 2 is 2.20 bits per heavy atom. The molecule has 2 atom stereocenters. The van der Waals surface area contributed by atoms with Crippen LogP contribution in [0.2, 0.25) is 0 Å². The molecular formula is C14H27ClN2O3. The number of piperidine rings is 1. The standard InChI is InChI=1S/C14H26N2O3.ClH/c17-14(13-6-1-2-7-15-13)16-8-4-9-18-11-12-5-3-10-19-12;/h12-13,15H,1-11H2,(H,16,17);1H. The summed E-state index contributed by atoms with van der Waals surface area (Å²) in [5.74, 6) is 0.138. The highest BCUT2D eigenvalue weighted by Gasteiger charge is 2.19. The van der Waals surface area contributed by atoms with Gasteiger partial charge in [0.25, 0.3) is 0 Å². The highest BCUT2D eigenvalue weighted by atomic mass is 35.5. The van der Waals surface area contributed by atoms with Crippen LogP contribution < -0.4 is 10.6 Å². The number of carbonyl (C=O) groups excluding carboxylic acids is 1. The average Bonchev–Trinajstić information content (AvgIpc) is 2.96. The van der Waals surface area contributed by atoms with Crippen LogP contribution in [0.15, 0.2) is 0 Å². The van der Waals surface area contributed by atoms with Crippen LogP contribution in [-0.2, 0) is 14.3 Å². The third kappa shape index (κ3) is 6.39. The lowest BCUT2D eigenvalue weighted by Gasteiger charge is -2.22. The summed E-state index contributed by atoms with van der Waals surface area (Å²) in [6.07, 6.45) is 6.71. The average molecular weight is 307 g/mol. The molecule has 2 aliphatic rings. The van der Waals surface area contributed by atoms with Gasteiger partial charge in [-0.05, 0) is 38.6 Å². The predicted molar refractivity (Wildman–Crippen MR) is 80.3 cm³/mol. The molecule has 0 radical (unpaired) electrons. The Labute approximate surface area is 127 Å². The largest absolute Gasteiger partial charge is 0.379 e. The van der Waals surface area contributed by atoms with Crippen LogP contribution in [0.4, 0.5) is 0 Å². The van der Waals surface area contributed by atoms with E-state index in [1.807, 2.05) is 0 Å². The molecule has 2 rings (SSSR count). The molecule has 0 spiro atoms. The Hall–Kier alpha value is -0.360. The van der Waals surface area contributed by atoms with Crippen LogP contribution in [-0.4, -0.2) is 51.0 Å². The summed E-state index contributed by atoms with van der Waals surface area (Å²) in [6.45, 7) is 3.92. The van der Waals surface area contributed by atoms with E-state index in [1.165, 1.54) is 6.42 Å². The van der Waals surface area contributed by atoms with Crippen molar-refractivity contribution in [2.24, 2.45) is 0 Å².